The maximum absolute atomic E-state index is 13.1. The molecule has 0 saturated carbocycles. The van der Waals surface area contributed by atoms with Gasteiger partial charge in [-0.25, -0.2) is 4.98 Å². The number of benzene rings is 2. The second-order valence-corrected chi connectivity index (χ2v) is 9.12. The highest BCUT2D eigenvalue weighted by Gasteiger charge is 2.28. The largest absolute Gasteiger partial charge is 0.615 e. The zero-order valence-corrected chi connectivity index (χ0v) is 16.5. The molecular weight excluding hydrogens is 461 g/mol. The van der Waals surface area contributed by atoms with E-state index in [4.69, 9.17) is 11.6 Å². The van der Waals surface area contributed by atoms with E-state index in [0.29, 0.717) is 10.2 Å². The molecule has 0 aliphatic carbocycles. The maximum Gasteiger partial charge on any atom is 0.185 e. The summed E-state index contributed by atoms with van der Waals surface area (Å²) in [4.78, 5) is 5.18. The molecule has 1 aromatic heterocycles. The van der Waals surface area contributed by atoms with Crippen molar-refractivity contribution in [3.63, 3.8) is 0 Å². The molecule has 2 nitrogen and oxygen atoms in total. The van der Waals surface area contributed by atoms with E-state index in [1.807, 2.05) is 60.7 Å². The molecule has 0 saturated heterocycles. The van der Waals surface area contributed by atoms with Crippen LogP contribution in [0.25, 0.3) is 0 Å². The summed E-state index contributed by atoms with van der Waals surface area (Å²) in [6.07, 6.45) is 0. The quantitative estimate of drug-likeness (QED) is 0.365. The van der Waals surface area contributed by atoms with E-state index >= 15 is 0 Å². The molecule has 1 atom stereocenters. The van der Waals surface area contributed by atoms with E-state index in [2.05, 4.69) is 27.6 Å². The molecule has 0 fully saturated rings. The SMILES string of the molecule is [O-][S+](Cc1sc(Cl)nc1I)C(c1ccccc1)c1ccccc1. The summed E-state index contributed by atoms with van der Waals surface area (Å²) in [5.41, 5.74) is 2.12. The summed E-state index contributed by atoms with van der Waals surface area (Å²) in [6, 6.07) is 20.0. The molecular formula is C17H13ClINOS2. The van der Waals surface area contributed by atoms with Gasteiger partial charge in [-0.1, -0.05) is 72.3 Å². The van der Waals surface area contributed by atoms with Gasteiger partial charge in [-0.05, 0) is 33.8 Å². The molecule has 118 valence electrons. The Morgan fingerprint density at radius 2 is 1.57 bits per heavy atom. The predicted octanol–water partition coefficient (Wildman–Crippen LogP) is 5.44. The first kappa shape index (κ1) is 17.2. The highest BCUT2D eigenvalue weighted by molar-refractivity contribution is 14.1. The summed E-state index contributed by atoms with van der Waals surface area (Å²) in [6.45, 7) is 0. The number of halogens is 2. The minimum Gasteiger partial charge on any atom is -0.615 e. The van der Waals surface area contributed by atoms with Gasteiger partial charge < -0.3 is 4.55 Å². The van der Waals surface area contributed by atoms with E-state index in [-0.39, 0.29) is 5.25 Å². The fourth-order valence-electron chi connectivity index (χ4n) is 2.36. The molecule has 6 heteroatoms. The predicted molar refractivity (Wildman–Crippen MR) is 106 cm³/mol. The van der Waals surface area contributed by atoms with Gasteiger partial charge in [-0.3, -0.25) is 0 Å². The molecule has 0 N–H and O–H groups in total. The van der Waals surface area contributed by atoms with Crippen LogP contribution in [0.3, 0.4) is 0 Å². The van der Waals surface area contributed by atoms with Crippen LogP contribution in [-0.4, -0.2) is 9.54 Å². The van der Waals surface area contributed by atoms with Crippen LogP contribution in [0.5, 0.6) is 0 Å². The summed E-state index contributed by atoms with van der Waals surface area (Å²) < 4.78 is 14.5. The van der Waals surface area contributed by atoms with Gasteiger partial charge >= 0.3 is 0 Å². The number of nitrogens with zero attached hydrogens (tertiary/aromatic N) is 1. The van der Waals surface area contributed by atoms with Crippen LogP contribution < -0.4 is 0 Å². The Bertz CT molecular complexity index is 727. The molecule has 3 aromatic rings. The third-order valence-corrected chi connectivity index (χ3v) is 7.61. The summed E-state index contributed by atoms with van der Waals surface area (Å²) in [7, 11) is 0. The van der Waals surface area contributed by atoms with E-state index in [1.54, 1.807) is 0 Å². The molecule has 0 spiro atoms. The third-order valence-electron chi connectivity index (χ3n) is 3.36. The van der Waals surface area contributed by atoms with Crippen molar-refractivity contribution in [2.75, 3.05) is 0 Å². The fraction of sp³-hybridized carbons (Fsp3) is 0.118. The van der Waals surface area contributed by atoms with E-state index in [0.717, 1.165) is 19.7 Å². The van der Waals surface area contributed by atoms with Crippen LogP contribution in [0.1, 0.15) is 21.3 Å². The van der Waals surface area contributed by atoms with Gasteiger partial charge in [-0.2, -0.15) is 0 Å². The summed E-state index contributed by atoms with van der Waals surface area (Å²) in [5.74, 6) is 0.455. The van der Waals surface area contributed by atoms with Crippen LogP contribution in [0.2, 0.25) is 4.47 Å². The fourth-order valence-corrected chi connectivity index (χ4v) is 6.59. The van der Waals surface area contributed by atoms with Crippen LogP contribution in [0.4, 0.5) is 0 Å². The van der Waals surface area contributed by atoms with Gasteiger partial charge in [0.15, 0.2) is 9.72 Å². The zero-order valence-electron chi connectivity index (χ0n) is 12.0. The van der Waals surface area contributed by atoms with Crippen LogP contribution in [0, 0.1) is 3.70 Å². The van der Waals surface area contributed by atoms with E-state index in [1.165, 1.54) is 11.3 Å². The lowest BCUT2D eigenvalue weighted by Gasteiger charge is -2.22. The van der Waals surface area contributed by atoms with Crippen molar-refractivity contribution in [1.82, 2.24) is 4.98 Å². The standard InChI is InChI=1S/C17H13ClINOS2/c18-17-20-16(19)14(22-17)11-23(21)15(12-7-3-1-4-8-12)13-9-5-2-6-10-13/h1-10,15H,11H2. The first-order chi connectivity index (χ1) is 11.1. The Balaban J connectivity index is 1.93. The van der Waals surface area contributed by atoms with Crippen molar-refractivity contribution in [2.45, 2.75) is 11.0 Å². The van der Waals surface area contributed by atoms with Crippen molar-refractivity contribution < 1.29 is 4.55 Å². The van der Waals surface area contributed by atoms with E-state index in [9.17, 15) is 4.55 Å². The Morgan fingerprint density at radius 1 is 1.04 bits per heavy atom. The monoisotopic (exact) mass is 473 g/mol. The smallest absolute Gasteiger partial charge is 0.185 e. The van der Waals surface area contributed by atoms with Gasteiger partial charge in [-0.15, -0.1) is 11.3 Å². The minimum absolute atomic E-state index is 0.158. The van der Waals surface area contributed by atoms with Crippen molar-refractivity contribution >= 4 is 56.7 Å². The molecule has 0 aliphatic heterocycles. The van der Waals surface area contributed by atoms with Gasteiger partial charge in [0, 0.05) is 11.1 Å². The van der Waals surface area contributed by atoms with Crippen molar-refractivity contribution in [3.05, 3.63) is 84.8 Å². The van der Waals surface area contributed by atoms with Crippen LogP contribution >= 0.6 is 45.5 Å². The topological polar surface area (TPSA) is 36.0 Å². The number of thiazole rings is 1. The van der Waals surface area contributed by atoms with Crippen LogP contribution in [-0.2, 0) is 16.9 Å². The third kappa shape index (κ3) is 4.28. The Kier molecular flexibility index (Phi) is 5.98. The lowest BCUT2D eigenvalue weighted by atomic mass is 10.0. The summed E-state index contributed by atoms with van der Waals surface area (Å²) in [5, 5.41) is -0.158. The van der Waals surface area contributed by atoms with Gasteiger partial charge in [0.05, 0.1) is 4.88 Å². The molecule has 1 unspecified atom stereocenters. The first-order valence-electron chi connectivity index (χ1n) is 6.93. The van der Waals surface area contributed by atoms with Gasteiger partial charge in [0.1, 0.15) is 9.45 Å². The second-order valence-electron chi connectivity index (χ2n) is 4.91. The van der Waals surface area contributed by atoms with Gasteiger partial charge in [0.25, 0.3) is 0 Å². The molecule has 2 aromatic carbocycles. The summed E-state index contributed by atoms with van der Waals surface area (Å²) >= 11 is 8.42. The number of rotatable bonds is 5. The Hall–Kier alpha value is -0.600. The minimum atomic E-state index is -1.10. The Morgan fingerprint density at radius 3 is 2.00 bits per heavy atom. The zero-order chi connectivity index (χ0) is 16.2. The molecule has 0 radical (unpaired) electrons. The molecule has 0 amide bonds. The number of hydrogen-bond donors (Lipinski definition) is 0. The average Bonchev–Trinajstić information content (AvgIpc) is 2.87. The van der Waals surface area contributed by atoms with Gasteiger partial charge in [0.2, 0.25) is 0 Å². The molecule has 1 heterocycles. The highest BCUT2D eigenvalue weighted by atomic mass is 127. The lowest BCUT2D eigenvalue weighted by molar-refractivity contribution is 0.587. The average molecular weight is 474 g/mol. The van der Waals surface area contributed by atoms with Crippen molar-refractivity contribution in [3.8, 4) is 0 Å². The highest BCUT2D eigenvalue weighted by Crippen LogP contribution is 2.35. The Labute approximate surface area is 161 Å². The first-order valence-corrected chi connectivity index (χ1v) is 10.6. The van der Waals surface area contributed by atoms with Crippen molar-refractivity contribution in [2.24, 2.45) is 0 Å². The second kappa shape index (κ2) is 7.98. The maximum atomic E-state index is 13.1. The normalized spacial score (nSPS) is 12.5. The lowest BCUT2D eigenvalue weighted by Crippen LogP contribution is -2.17. The molecule has 23 heavy (non-hydrogen) atoms. The molecule has 0 aliphatic rings. The molecule has 3 rings (SSSR count). The number of hydrogen-bond acceptors (Lipinski definition) is 3. The van der Waals surface area contributed by atoms with Crippen LogP contribution in [0.15, 0.2) is 60.7 Å². The molecule has 0 bridgehead atoms. The number of aromatic nitrogens is 1. The van der Waals surface area contributed by atoms with Crippen molar-refractivity contribution in [1.29, 1.82) is 0 Å². The van der Waals surface area contributed by atoms with E-state index < -0.39 is 11.2 Å².